The molecule has 1 rings (SSSR count). The van der Waals surface area contributed by atoms with Crippen molar-refractivity contribution in [2.75, 3.05) is 19.6 Å². The summed E-state index contributed by atoms with van der Waals surface area (Å²) in [4.78, 5) is 24.2. The highest BCUT2D eigenvalue weighted by molar-refractivity contribution is 5.69. The second-order valence-corrected chi connectivity index (χ2v) is 6.17. The Morgan fingerprint density at radius 1 is 1.40 bits per heavy atom. The van der Waals surface area contributed by atoms with E-state index in [2.05, 4.69) is 5.32 Å². The lowest BCUT2D eigenvalue weighted by Gasteiger charge is -2.28. The van der Waals surface area contributed by atoms with Crippen LogP contribution in [-0.2, 0) is 9.53 Å². The third kappa shape index (κ3) is 6.23. The number of ether oxygens (including phenoxy) is 1. The van der Waals surface area contributed by atoms with Crippen LogP contribution in [0, 0.1) is 0 Å². The number of aliphatic carboxylic acids is 1. The van der Waals surface area contributed by atoms with E-state index in [4.69, 9.17) is 9.84 Å². The fourth-order valence-electron chi connectivity index (χ4n) is 2.24. The molecule has 0 bridgehead atoms. The summed E-state index contributed by atoms with van der Waals surface area (Å²) >= 11 is 0. The molecule has 0 aromatic rings. The molecule has 1 fully saturated rings. The Bertz CT molecular complexity index is 339. The molecule has 1 aliphatic rings. The molecule has 0 aromatic carbocycles. The van der Waals surface area contributed by atoms with Crippen LogP contribution in [0.2, 0.25) is 0 Å². The molecule has 1 heterocycles. The average Bonchev–Trinajstić information content (AvgIpc) is 2.74. The molecule has 1 unspecified atom stereocenters. The van der Waals surface area contributed by atoms with Crippen molar-refractivity contribution in [1.82, 2.24) is 10.2 Å². The molecule has 0 aliphatic carbocycles. The minimum atomic E-state index is -0.775. The Morgan fingerprint density at radius 2 is 2.10 bits per heavy atom. The number of nitrogens with one attached hydrogen (secondary N) is 1. The predicted molar refractivity (Wildman–Crippen MR) is 75.7 cm³/mol. The van der Waals surface area contributed by atoms with Gasteiger partial charge in [0.2, 0.25) is 0 Å². The van der Waals surface area contributed by atoms with Crippen molar-refractivity contribution in [3.63, 3.8) is 0 Å². The molecule has 6 heteroatoms. The maximum atomic E-state index is 12.0. The van der Waals surface area contributed by atoms with Crippen LogP contribution in [0.1, 0.15) is 46.5 Å². The standard InChI is InChI=1S/C14H26N2O4/c1-14(2,3)20-13(19)16-9-5-6-11(16)10-15-8-4-7-12(17)18/h11,15H,4-10H2,1-3H3,(H,17,18). The third-order valence-electron chi connectivity index (χ3n) is 3.13. The Hall–Kier alpha value is -1.30. The van der Waals surface area contributed by atoms with Crippen LogP contribution in [-0.4, -0.2) is 53.3 Å². The first kappa shape index (κ1) is 16.8. The summed E-state index contributed by atoms with van der Waals surface area (Å²) in [7, 11) is 0. The number of likely N-dealkylation sites (tertiary alicyclic amines) is 1. The number of amides is 1. The molecule has 0 aromatic heterocycles. The van der Waals surface area contributed by atoms with Gasteiger partial charge in [-0.05, 0) is 46.6 Å². The summed E-state index contributed by atoms with van der Waals surface area (Å²) in [5.74, 6) is -0.775. The van der Waals surface area contributed by atoms with Crippen molar-refractivity contribution in [2.45, 2.75) is 58.1 Å². The van der Waals surface area contributed by atoms with Crippen LogP contribution >= 0.6 is 0 Å². The summed E-state index contributed by atoms with van der Waals surface area (Å²) < 4.78 is 5.39. The first-order valence-corrected chi connectivity index (χ1v) is 7.22. The van der Waals surface area contributed by atoms with Gasteiger partial charge in [0, 0.05) is 25.6 Å². The number of carboxylic acids is 1. The SMILES string of the molecule is CC(C)(C)OC(=O)N1CCCC1CNCCCC(=O)O. The summed E-state index contributed by atoms with van der Waals surface area (Å²) in [6.07, 6.45) is 2.47. The molecule has 20 heavy (non-hydrogen) atoms. The van der Waals surface area contributed by atoms with Gasteiger partial charge in [-0.1, -0.05) is 0 Å². The first-order valence-electron chi connectivity index (χ1n) is 7.22. The molecular weight excluding hydrogens is 260 g/mol. The van der Waals surface area contributed by atoms with Gasteiger partial charge in [-0.3, -0.25) is 4.79 Å². The molecular formula is C14H26N2O4. The van der Waals surface area contributed by atoms with Crippen LogP contribution in [0.4, 0.5) is 4.79 Å². The lowest BCUT2D eigenvalue weighted by Crippen LogP contribution is -2.44. The van der Waals surface area contributed by atoms with E-state index in [9.17, 15) is 9.59 Å². The molecule has 0 spiro atoms. The normalized spacial score (nSPS) is 19.1. The molecule has 6 nitrogen and oxygen atoms in total. The minimum Gasteiger partial charge on any atom is -0.481 e. The zero-order valence-electron chi connectivity index (χ0n) is 12.6. The van der Waals surface area contributed by atoms with Gasteiger partial charge >= 0.3 is 12.1 Å². The number of rotatable bonds is 6. The summed E-state index contributed by atoms with van der Waals surface area (Å²) in [5, 5.41) is 11.8. The highest BCUT2D eigenvalue weighted by Crippen LogP contribution is 2.20. The fraction of sp³-hybridized carbons (Fsp3) is 0.857. The van der Waals surface area contributed by atoms with Gasteiger partial charge in [-0.25, -0.2) is 4.79 Å². The third-order valence-corrected chi connectivity index (χ3v) is 3.13. The lowest BCUT2D eigenvalue weighted by molar-refractivity contribution is -0.137. The Labute approximate surface area is 120 Å². The van der Waals surface area contributed by atoms with Crippen molar-refractivity contribution < 1.29 is 19.4 Å². The molecule has 1 amide bonds. The van der Waals surface area contributed by atoms with E-state index in [-0.39, 0.29) is 18.6 Å². The van der Waals surface area contributed by atoms with E-state index in [0.717, 1.165) is 19.4 Å². The maximum Gasteiger partial charge on any atom is 0.410 e. The number of carboxylic acid groups (broad SMARTS) is 1. The zero-order valence-corrected chi connectivity index (χ0v) is 12.6. The molecule has 2 N–H and O–H groups in total. The smallest absolute Gasteiger partial charge is 0.410 e. The van der Waals surface area contributed by atoms with E-state index in [1.807, 2.05) is 20.8 Å². The molecule has 1 aliphatic heterocycles. The van der Waals surface area contributed by atoms with E-state index in [1.165, 1.54) is 0 Å². The van der Waals surface area contributed by atoms with Gasteiger partial charge in [-0.15, -0.1) is 0 Å². The second kappa shape index (κ2) is 7.47. The fourth-order valence-corrected chi connectivity index (χ4v) is 2.24. The van der Waals surface area contributed by atoms with Crippen molar-refractivity contribution in [2.24, 2.45) is 0 Å². The van der Waals surface area contributed by atoms with Crippen molar-refractivity contribution in [3.05, 3.63) is 0 Å². The Morgan fingerprint density at radius 3 is 2.70 bits per heavy atom. The van der Waals surface area contributed by atoms with Crippen LogP contribution in [0.15, 0.2) is 0 Å². The summed E-state index contributed by atoms with van der Waals surface area (Å²) in [5.41, 5.74) is -0.473. The number of hydrogen-bond acceptors (Lipinski definition) is 4. The van der Waals surface area contributed by atoms with Gasteiger partial charge < -0.3 is 20.1 Å². The van der Waals surface area contributed by atoms with Gasteiger partial charge in [0.05, 0.1) is 0 Å². The molecule has 1 saturated heterocycles. The van der Waals surface area contributed by atoms with Gasteiger partial charge in [-0.2, -0.15) is 0 Å². The van der Waals surface area contributed by atoms with Crippen molar-refractivity contribution in [3.8, 4) is 0 Å². The lowest BCUT2D eigenvalue weighted by atomic mass is 10.2. The largest absolute Gasteiger partial charge is 0.481 e. The van der Waals surface area contributed by atoms with Gasteiger partial charge in [0.25, 0.3) is 0 Å². The molecule has 1 atom stereocenters. The molecule has 116 valence electrons. The van der Waals surface area contributed by atoms with Crippen LogP contribution in [0.5, 0.6) is 0 Å². The summed E-state index contributed by atoms with van der Waals surface area (Å²) in [6, 6.07) is 0.148. The quantitative estimate of drug-likeness (QED) is 0.728. The van der Waals surface area contributed by atoms with Crippen LogP contribution < -0.4 is 5.32 Å². The number of hydrogen-bond donors (Lipinski definition) is 2. The van der Waals surface area contributed by atoms with E-state index < -0.39 is 11.6 Å². The van der Waals surface area contributed by atoms with Gasteiger partial charge in [0.1, 0.15) is 5.60 Å². The van der Waals surface area contributed by atoms with Crippen LogP contribution in [0.25, 0.3) is 0 Å². The predicted octanol–water partition coefficient (Wildman–Crippen LogP) is 1.84. The zero-order chi connectivity index (χ0) is 15.2. The number of carbonyl (C=O) groups excluding carboxylic acids is 1. The molecule has 0 radical (unpaired) electrons. The second-order valence-electron chi connectivity index (χ2n) is 6.17. The Kier molecular flexibility index (Phi) is 6.26. The van der Waals surface area contributed by atoms with E-state index in [1.54, 1.807) is 4.90 Å². The number of nitrogens with zero attached hydrogens (tertiary/aromatic N) is 1. The first-order chi connectivity index (χ1) is 9.29. The molecule has 0 saturated carbocycles. The Balaban J connectivity index is 2.30. The highest BCUT2D eigenvalue weighted by atomic mass is 16.6. The topological polar surface area (TPSA) is 78.9 Å². The minimum absolute atomic E-state index is 0.148. The number of carbonyl (C=O) groups is 2. The van der Waals surface area contributed by atoms with Crippen molar-refractivity contribution in [1.29, 1.82) is 0 Å². The van der Waals surface area contributed by atoms with Gasteiger partial charge in [0.15, 0.2) is 0 Å². The van der Waals surface area contributed by atoms with Crippen LogP contribution in [0.3, 0.4) is 0 Å². The highest BCUT2D eigenvalue weighted by Gasteiger charge is 2.31. The summed E-state index contributed by atoms with van der Waals surface area (Å²) in [6.45, 7) is 7.67. The monoisotopic (exact) mass is 286 g/mol. The maximum absolute atomic E-state index is 12.0. The van der Waals surface area contributed by atoms with E-state index >= 15 is 0 Å². The average molecular weight is 286 g/mol. The van der Waals surface area contributed by atoms with E-state index in [0.29, 0.717) is 19.5 Å². The van der Waals surface area contributed by atoms with Crippen molar-refractivity contribution >= 4 is 12.1 Å².